The Hall–Kier alpha value is -1.95. The molecule has 0 amide bonds. The maximum Gasteiger partial charge on any atom is 0.290 e. The first-order chi connectivity index (χ1) is 11.2. The van der Waals surface area contributed by atoms with E-state index in [9.17, 15) is 14.3 Å². The summed E-state index contributed by atoms with van der Waals surface area (Å²) in [5.74, 6) is 0.139. The number of nitrogens with zero attached hydrogens (tertiary/aromatic N) is 2. The monoisotopic (exact) mass is 330 g/mol. The second-order valence-electron chi connectivity index (χ2n) is 6.17. The van der Waals surface area contributed by atoms with E-state index < -0.39 is 10.8 Å². The van der Waals surface area contributed by atoms with E-state index in [0.717, 1.165) is 36.8 Å². The van der Waals surface area contributed by atoms with Gasteiger partial charge in [-0.15, -0.1) is 0 Å². The molecule has 0 spiro atoms. The molecule has 6 heteroatoms. The Morgan fingerprint density at radius 2 is 1.91 bits per heavy atom. The van der Waals surface area contributed by atoms with Crippen molar-refractivity contribution in [2.45, 2.75) is 31.6 Å². The van der Waals surface area contributed by atoms with Gasteiger partial charge in [0.05, 0.1) is 15.7 Å². The second-order valence-corrected chi connectivity index (χ2v) is 7.66. The molecule has 0 saturated carbocycles. The van der Waals surface area contributed by atoms with Crippen LogP contribution in [0.25, 0.3) is 0 Å². The van der Waals surface area contributed by atoms with Crippen molar-refractivity contribution in [2.24, 2.45) is 0 Å². The number of rotatable bonds is 2. The van der Waals surface area contributed by atoms with E-state index in [1.165, 1.54) is 5.70 Å². The van der Waals surface area contributed by atoms with E-state index in [1.54, 1.807) is 0 Å². The van der Waals surface area contributed by atoms with Gasteiger partial charge in [-0.1, -0.05) is 30.3 Å². The van der Waals surface area contributed by atoms with E-state index in [1.807, 2.05) is 35.2 Å². The molecule has 5 nitrogen and oxygen atoms in total. The van der Waals surface area contributed by atoms with Crippen molar-refractivity contribution >= 4 is 10.8 Å². The lowest BCUT2D eigenvalue weighted by molar-refractivity contribution is -0.431. The van der Waals surface area contributed by atoms with Gasteiger partial charge in [0.1, 0.15) is 5.92 Å². The highest BCUT2D eigenvalue weighted by Gasteiger charge is 2.47. The van der Waals surface area contributed by atoms with Gasteiger partial charge in [-0.05, 0) is 36.8 Å². The lowest BCUT2D eigenvalue weighted by atomic mass is 9.79. The zero-order valence-electron chi connectivity index (χ0n) is 12.7. The molecule has 0 N–H and O–H groups in total. The number of allylic oxidation sites excluding steroid dienone is 2. The van der Waals surface area contributed by atoms with Crippen molar-refractivity contribution in [3.63, 3.8) is 0 Å². The van der Waals surface area contributed by atoms with Crippen LogP contribution in [0.1, 0.15) is 37.2 Å². The third-order valence-corrected chi connectivity index (χ3v) is 6.35. The van der Waals surface area contributed by atoms with Crippen molar-refractivity contribution < 1.29 is 9.13 Å². The molecule has 1 saturated heterocycles. The highest BCUT2D eigenvalue weighted by Crippen LogP contribution is 2.49. The number of hydrogen-bond donors (Lipinski definition) is 0. The molecule has 120 valence electrons. The molecule has 1 aliphatic carbocycles. The smallest absolute Gasteiger partial charge is 0.290 e. The van der Waals surface area contributed by atoms with Crippen LogP contribution >= 0.6 is 0 Å². The van der Waals surface area contributed by atoms with Gasteiger partial charge in [-0.3, -0.25) is 14.3 Å². The molecule has 2 atom stereocenters. The van der Waals surface area contributed by atoms with Crippen LogP contribution in [-0.2, 0) is 10.8 Å². The molecule has 2 aliphatic heterocycles. The second kappa shape index (κ2) is 5.60. The minimum Gasteiger partial charge on any atom is -0.332 e. The maximum absolute atomic E-state index is 12.5. The molecular formula is C17H18N2O3S. The van der Waals surface area contributed by atoms with Crippen LogP contribution in [-0.4, -0.2) is 26.3 Å². The lowest BCUT2D eigenvalue weighted by Crippen LogP contribution is -2.32. The Kier molecular flexibility index (Phi) is 3.56. The Bertz CT molecular complexity index is 754. The minimum atomic E-state index is -1.27. The number of nitro groups is 1. The molecule has 23 heavy (non-hydrogen) atoms. The summed E-state index contributed by atoms with van der Waals surface area (Å²) < 4.78 is 12.5. The first-order valence-electron chi connectivity index (χ1n) is 8.00. The maximum atomic E-state index is 12.5. The van der Waals surface area contributed by atoms with E-state index >= 15 is 0 Å². The third kappa shape index (κ3) is 2.24. The summed E-state index contributed by atoms with van der Waals surface area (Å²) in [4.78, 5) is 13.5. The minimum absolute atomic E-state index is 0.132. The quantitative estimate of drug-likeness (QED) is 0.617. The zero-order chi connectivity index (χ0) is 16.0. The molecule has 1 aromatic rings. The third-order valence-electron chi connectivity index (χ3n) is 4.94. The Balaban J connectivity index is 1.97. The number of benzene rings is 1. The molecule has 0 radical (unpaired) electrons. The molecular weight excluding hydrogens is 312 g/mol. The van der Waals surface area contributed by atoms with E-state index in [-0.39, 0.29) is 16.5 Å². The van der Waals surface area contributed by atoms with Gasteiger partial charge in [-0.2, -0.15) is 0 Å². The van der Waals surface area contributed by atoms with E-state index in [0.29, 0.717) is 17.3 Å². The summed E-state index contributed by atoms with van der Waals surface area (Å²) >= 11 is 0. The van der Waals surface area contributed by atoms with Crippen LogP contribution in [0.2, 0.25) is 0 Å². The summed E-state index contributed by atoms with van der Waals surface area (Å²) in [7, 11) is -1.27. The Labute approximate surface area is 137 Å². The van der Waals surface area contributed by atoms with E-state index in [4.69, 9.17) is 0 Å². The lowest BCUT2D eigenvalue weighted by Gasteiger charge is -2.36. The van der Waals surface area contributed by atoms with Crippen molar-refractivity contribution in [1.29, 1.82) is 0 Å². The van der Waals surface area contributed by atoms with Crippen molar-refractivity contribution in [1.82, 2.24) is 4.90 Å². The molecule has 0 bridgehead atoms. The average molecular weight is 330 g/mol. The van der Waals surface area contributed by atoms with Crippen LogP contribution in [0, 0.1) is 10.1 Å². The summed E-state index contributed by atoms with van der Waals surface area (Å²) in [6.45, 7) is 0.639. The van der Waals surface area contributed by atoms with Crippen LogP contribution in [0.3, 0.4) is 0 Å². The van der Waals surface area contributed by atoms with Crippen LogP contribution in [0.5, 0.6) is 0 Å². The average Bonchev–Trinajstić information content (AvgIpc) is 2.96. The largest absolute Gasteiger partial charge is 0.332 e. The van der Waals surface area contributed by atoms with Gasteiger partial charge in [0.2, 0.25) is 0 Å². The van der Waals surface area contributed by atoms with Gasteiger partial charge in [-0.25, -0.2) is 0 Å². The predicted octanol–water partition coefficient (Wildman–Crippen LogP) is 3.12. The molecule has 3 aliphatic rings. The summed E-state index contributed by atoms with van der Waals surface area (Å²) in [6, 6.07) is 9.64. The number of fused-ring (bicyclic) bond motifs is 2. The molecule has 1 aromatic carbocycles. The molecule has 0 aromatic heterocycles. The topological polar surface area (TPSA) is 63.5 Å². The van der Waals surface area contributed by atoms with Crippen LogP contribution in [0.4, 0.5) is 0 Å². The Morgan fingerprint density at radius 3 is 2.65 bits per heavy atom. The fraction of sp³-hybridized carbons (Fsp3) is 0.412. The summed E-state index contributed by atoms with van der Waals surface area (Å²) in [6.07, 6.45) is 4.00. The Morgan fingerprint density at radius 1 is 1.17 bits per heavy atom. The normalized spacial score (nSPS) is 27.0. The first-order valence-corrected chi connectivity index (χ1v) is 9.31. The fourth-order valence-electron chi connectivity index (χ4n) is 4.02. The van der Waals surface area contributed by atoms with Gasteiger partial charge in [0.15, 0.2) is 5.03 Å². The highest BCUT2D eigenvalue weighted by atomic mass is 32.2. The standard InChI is InChI=1S/C17H18N2O3S/c20-19(21)16-15(12-6-2-1-3-7-12)13-8-4-5-9-14(13)18-10-11-23(22)17(16)18/h1-3,6-7,15H,4-5,8-11H2. The molecule has 1 fully saturated rings. The van der Waals surface area contributed by atoms with Gasteiger partial charge in [0.25, 0.3) is 5.70 Å². The molecule has 4 rings (SSSR count). The zero-order valence-corrected chi connectivity index (χ0v) is 13.6. The van der Waals surface area contributed by atoms with E-state index in [2.05, 4.69) is 0 Å². The van der Waals surface area contributed by atoms with Crippen LogP contribution in [0.15, 0.2) is 52.3 Å². The van der Waals surface area contributed by atoms with Crippen molar-refractivity contribution in [3.8, 4) is 0 Å². The molecule has 2 unspecified atom stereocenters. The number of hydrogen-bond acceptors (Lipinski definition) is 4. The summed E-state index contributed by atoms with van der Waals surface area (Å²) in [5.41, 5.74) is 3.42. The predicted molar refractivity (Wildman–Crippen MR) is 88.4 cm³/mol. The van der Waals surface area contributed by atoms with Gasteiger partial charge < -0.3 is 4.90 Å². The molecule has 2 heterocycles. The summed E-state index contributed by atoms with van der Waals surface area (Å²) in [5, 5.41) is 12.3. The fourth-order valence-corrected chi connectivity index (χ4v) is 5.43. The van der Waals surface area contributed by atoms with Crippen molar-refractivity contribution in [2.75, 3.05) is 12.3 Å². The van der Waals surface area contributed by atoms with Gasteiger partial charge in [0, 0.05) is 18.0 Å². The van der Waals surface area contributed by atoms with Gasteiger partial charge >= 0.3 is 0 Å². The first kappa shape index (κ1) is 14.6. The van der Waals surface area contributed by atoms with Crippen molar-refractivity contribution in [3.05, 3.63) is 68.0 Å². The SMILES string of the molecule is O=[N+]([O-])C1=C2N(CCS2=O)C2=C(CCCC2)C1c1ccccc1. The van der Waals surface area contributed by atoms with Crippen LogP contribution < -0.4 is 0 Å². The highest BCUT2D eigenvalue weighted by molar-refractivity contribution is 7.89.